The van der Waals surface area contributed by atoms with Crippen molar-refractivity contribution >= 4 is 11.8 Å². The number of pyridine rings is 1. The third kappa shape index (κ3) is 2.99. The average Bonchev–Trinajstić information content (AvgIpc) is 2.33. The van der Waals surface area contributed by atoms with Gasteiger partial charge in [-0.25, -0.2) is 9.78 Å². The number of piperidine rings is 1. The van der Waals surface area contributed by atoms with Gasteiger partial charge in [-0.15, -0.1) is 0 Å². The molecule has 1 amide bonds. The summed E-state index contributed by atoms with van der Waals surface area (Å²) >= 11 is 0. The van der Waals surface area contributed by atoms with Crippen molar-refractivity contribution in [2.45, 2.75) is 18.9 Å². The molecule has 0 aliphatic carbocycles. The van der Waals surface area contributed by atoms with Crippen LogP contribution in [0.15, 0.2) is 18.3 Å². The van der Waals surface area contributed by atoms with E-state index in [0.29, 0.717) is 37.5 Å². The third-order valence-corrected chi connectivity index (χ3v) is 2.76. The molecule has 0 radical (unpaired) electrons. The quantitative estimate of drug-likeness (QED) is 0.806. The van der Waals surface area contributed by atoms with Crippen molar-refractivity contribution in [1.29, 1.82) is 0 Å². The number of aromatic nitrogens is 1. The molecule has 1 aromatic rings. The summed E-state index contributed by atoms with van der Waals surface area (Å²) in [5.74, 6) is 0.535. The fourth-order valence-electron chi connectivity index (χ4n) is 1.80. The Balaban J connectivity index is 1.85. The van der Waals surface area contributed by atoms with E-state index in [4.69, 9.17) is 15.6 Å². The van der Waals surface area contributed by atoms with Crippen LogP contribution in [0, 0.1) is 0 Å². The Morgan fingerprint density at radius 3 is 2.71 bits per heavy atom. The number of hydrogen-bond donors (Lipinski definition) is 2. The average molecular weight is 237 g/mol. The van der Waals surface area contributed by atoms with Gasteiger partial charge in [0.25, 0.3) is 0 Å². The molecule has 6 nitrogen and oxygen atoms in total. The number of nitrogen functional groups attached to an aromatic ring is 1. The molecule has 1 fully saturated rings. The van der Waals surface area contributed by atoms with Crippen molar-refractivity contribution in [2.24, 2.45) is 0 Å². The molecule has 1 aromatic heterocycles. The van der Waals surface area contributed by atoms with Crippen LogP contribution in [0.3, 0.4) is 0 Å². The predicted octanol–water partition coefficient (Wildman–Crippen LogP) is 1.18. The van der Waals surface area contributed by atoms with Gasteiger partial charge in [0.2, 0.25) is 5.88 Å². The molecule has 1 aliphatic rings. The molecule has 0 unspecified atom stereocenters. The number of anilines is 1. The summed E-state index contributed by atoms with van der Waals surface area (Å²) in [7, 11) is 0. The first-order chi connectivity index (χ1) is 8.15. The normalized spacial score (nSPS) is 16.8. The van der Waals surface area contributed by atoms with Crippen LogP contribution in [-0.4, -0.2) is 40.3 Å². The minimum Gasteiger partial charge on any atom is -0.474 e. The zero-order chi connectivity index (χ0) is 12.3. The van der Waals surface area contributed by atoms with Crippen LogP contribution in [0.25, 0.3) is 0 Å². The van der Waals surface area contributed by atoms with Gasteiger partial charge in [-0.3, -0.25) is 0 Å². The molecule has 17 heavy (non-hydrogen) atoms. The highest BCUT2D eigenvalue weighted by Gasteiger charge is 2.23. The van der Waals surface area contributed by atoms with Crippen LogP contribution in [0.2, 0.25) is 0 Å². The number of nitrogens with zero attached hydrogens (tertiary/aromatic N) is 2. The summed E-state index contributed by atoms with van der Waals surface area (Å²) < 4.78 is 5.65. The second kappa shape index (κ2) is 4.90. The van der Waals surface area contributed by atoms with Crippen LogP contribution < -0.4 is 10.5 Å². The summed E-state index contributed by atoms with van der Waals surface area (Å²) in [5.41, 5.74) is 6.12. The maximum atomic E-state index is 10.7. The van der Waals surface area contributed by atoms with Crippen molar-refractivity contribution in [3.63, 3.8) is 0 Å². The van der Waals surface area contributed by atoms with Gasteiger partial charge >= 0.3 is 6.09 Å². The summed E-state index contributed by atoms with van der Waals surface area (Å²) in [6, 6.07) is 3.45. The van der Waals surface area contributed by atoms with Crippen LogP contribution in [0.4, 0.5) is 10.5 Å². The second-order valence-corrected chi connectivity index (χ2v) is 4.02. The highest BCUT2D eigenvalue weighted by molar-refractivity contribution is 5.65. The van der Waals surface area contributed by atoms with E-state index < -0.39 is 6.09 Å². The fourth-order valence-corrected chi connectivity index (χ4v) is 1.80. The second-order valence-electron chi connectivity index (χ2n) is 4.02. The molecule has 0 atom stereocenters. The lowest BCUT2D eigenvalue weighted by atomic mass is 10.1. The Morgan fingerprint density at radius 2 is 2.18 bits per heavy atom. The summed E-state index contributed by atoms with van der Waals surface area (Å²) in [4.78, 5) is 16.2. The molecule has 3 N–H and O–H groups in total. The molecule has 0 aromatic carbocycles. The molecule has 2 heterocycles. The number of likely N-dealkylation sites (tertiary alicyclic amines) is 1. The van der Waals surface area contributed by atoms with Gasteiger partial charge in [0.1, 0.15) is 6.10 Å². The van der Waals surface area contributed by atoms with Gasteiger partial charge in [-0.1, -0.05) is 0 Å². The van der Waals surface area contributed by atoms with E-state index >= 15 is 0 Å². The van der Waals surface area contributed by atoms with E-state index in [0.717, 1.165) is 0 Å². The first kappa shape index (κ1) is 11.5. The van der Waals surface area contributed by atoms with Crippen LogP contribution in [0.1, 0.15) is 12.8 Å². The Kier molecular flexibility index (Phi) is 3.32. The van der Waals surface area contributed by atoms with Gasteiger partial charge < -0.3 is 20.5 Å². The van der Waals surface area contributed by atoms with Gasteiger partial charge in [-0.05, 0) is 6.07 Å². The Labute approximate surface area is 99.0 Å². The summed E-state index contributed by atoms with van der Waals surface area (Å²) in [6.07, 6.45) is 2.09. The number of rotatable bonds is 2. The largest absolute Gasteiger partial charge is 0.474 e. The molecule has 1 saturated heterocycles. The third-order valence-electron chi connectivity index (χ3n) is 2.76. The van der Waals surface area contributed by atoms with Gasteiger partial charge in [-0.2, -0.15) is 0 Å². The van der Waals surface area contributed by atoms with Gasteiger partial charge in [0.15, 0.2) is 0 Å². The number of hydrogen-bond acceptors (Lipinski definition) is 4. The van der Waals surface area contributed by atoms with Crippen LogP contribution in [-0.2, 0) is 0 Å². The van der Waals surface area contributed by atoms with Gasteiger partial charge in [0, 0.05) is 32.0 Å². The first-order valence-electron chi connectivity index (χ1n) is 5.51. The minimum atomic E-state index is -0.867. The lowest BCUT2D eigenvalue weighted by Crippen LogP contribution is -2.41. The van der Waals surface area contributed by atoms with Crippen molar-refractivity contribution in [1.82, 2.24) is 9.88 Å². The zero-order valence-corrected chi connectivity index (χ0v) is 9.37. The Morgan fingerprint density at radius 1 is 1.47 bits per heavy atom. The topological polar surface area (TPSA) is 88.7 Å². The monoisotopic (exact) mass is 237 g/mol. The van der Waals surface area contributed by atoms with E-state index in [1.807, 2.05) is 0 Å². The van der Waals surface area contributed by atoms with E-state index in [-0.39, 0.29) is 6.10 Å². The van der Waals surface area contributed by atoms with Gasteiger partial charge in [0.05, 0.1) is 11.9 Å². The standard InChI is InChI=1S/C11H15N3O3/c12-8-1-2-10(13-7-8)17-9-3-5-14(6-4-9)11(15)16/h1-2,7,9H,3-6,12H2,(H,15,16). The molecule has 6 heteroatoms. The molecule has 0 spiro atoms. The number of ether oxygens (including phenoxy) is 1. The smallest absolute Gasteiger partial charge is 0.407 e. The van der Waals surface area contributed by atoms with Crippen molar-refractivity contribution in [3.8, 4) is 5.88 Å². The highest BCUT2D eigenvalue weighted by atomic mass is 16.5. The van der Waals surface area contributed by atoms with Crippen LogP contribution in [0.5, 0.6) is 5.88 Å². The minimum absolute atomic E-state index is 0.0294. The predicted molar refractivity (Wildman–Crippen MR) is 61.9 cm³/mol. The van der Waals surface area contributed by atoms with E-state index in [1.165, 1.54) is 4.90 Å². The number of amides is 1. The van der Waals surface area contributed by atoms with Crippen molar-refractivity contribution in [3.05, 3.63) is 18.3 Å². The molecule has 0 saturated carbocycles. The molecule has 0 bridgehead atoms. The highest BCUT2D eigenvalue weighted by Crippen LogP contribution is 2.17. The molecular formula is C11H15N3O3. The zero-order valence-electron chi connectivity index (χ0n) is 9.37. The number of carboxylic acid groups (broad SMARTS) is 1. The van der Waals surface area contributed by atoms with E-state index in [2.05, 4.69) is 4.98 Å². The maximum Gasteiger partial charge on any atom is 0.407 e. The maximum absolute atomic E-state index is 10.7. The van der Waals surface area contributed by atoms with E-state index in [1.54, 1.807) is 18.3 Å². The lowest BCUT2D eigenvalue weighted by Gasteiger charge is -2.29. The van der Waals surface area contributed by atoms with Crippen LogP contribution >= 0.6 is 0 Å². The number of nitrogens with two attached hydrogens (primary N) is 1. The first-order valence-corrected chi connectivity index (χ1v) is 5.51. The Bertz CT molecular complexity index is 385. The van der Waals surface area contributed by atoms with E-state index in [9.17, 15) is 4.79 Å². The Hall–Kier alpha value is -1.98. The SMILES string of the molecule is Nc1ccc(OC2CCN(C(=O)O)CC2)nc1. The lowest BCUT2D eigenvalue weighted by molar-refractivity contribution is 0.0871. The molecule has 2 rings (SSSR count). The fraction of sp³-hybridized carbons (Fsp3) is 0.455. The van der Waals surface area contributed by atoms with Crippen molar-refractivity contribution < 1.29 is 14.6 Å². The van der Waals surface area contributed by atoms with Crippen molar-refractivity contribution in [2.75, 3.05) is 18.8 Å². The molecule has 92 valence electrons. The number of carbonyl (C=O) groups is 1. The summed E-state index contributed by atoms with van der Waals surface area (Å²) in [6.45, 7) is 1.02. The summed E-state index contributed by atoms with van der Waals surface area (Å²) in [5, 5.41) is 8.80. The molecule has 1 aliphatic heterocycles. The molecular weight excluding hydrogens is 222 g/mol.